The lowest BCUT2D eigenvalue weighted by Crippen LogP contribution is -2.51. The maximum atomic E-state index is 11.4. The molecule has 0 saturated heterocycles. The molecule has 3 aliphatic carbocycles. The first kappa shape index (κ1) is 19.4. The van der Waals surface area contributed by atoms with Crippen molar-refractivity contribution in [2.75, 3.05) is 13.2 Å². The van der Waals surface area contributed by atoms with Crippen LogP contribution in [-0.2, 0) is 5.60 Å². The third-order valence-corrected chi connectivity index (χ3v) is 8.58. The van der Waals surface area contributed by atoms with Crippen LogP contribution in [0, 0.1) is 35.0 Å². The van der Waals surface area contributed by atoms with Crippen molar-refractivity contribution in [3.63, 3.8) is 0 Å². The lowest BCUT2D eigenvalue weighted by atomic mass is 9.51. The maximum Gasteiger partial charge on any atom is 0.135 e. The van der Waals surface area contributed by atoms with Gasteiger partial charge in [-0.25, -0.2) is 0 Å². The summed E-state index contributed by atoms with van der Waals surface area (Å²) in [7, 11) is 0. The number of fused-ring (bicyclic) bond motifs is 1. The Labute approximate surface area is 161 Å². The molecule has 3 aliphatic rings. The second-order valence-corrected chi connectivity index (χ2v) is 9.55. The molecule has 27 heavy (non-hydrogen) atoms. The van der Waals surface area contributed by atoms with Crippen molar-refractivity contribution >= 4 is 0 Å². The molecular formula is C22H34O5. The van der Waals surface area contributed by atoms with Gasteiger partial charge in [-0.15, -0.1) is 0 Å². The second-order valence-electron chi connectivity index (χ2n) is 9.55. The Kier molecular flexibility index (Phi) is 5.17. The Morgan fingerprint density at radius 2 is 1.85 bits per heavy atom. The Bertz CT molecular complexity index is 631. The van der Waals surface area contributed by atoms with Gasteiger partial charge in [0.25, 0.3) is 0 Å². The third kappa shape index (κ3) is 2.98. The summed E-state index contributed by atoms with van der Waals surface area (Å²) in [6.07, 6.45) is 7.03. The molecule has 4 rings (SSSR count). The van der Waals surface area contributed by atoms with E-state index in [1.807, 2.05) is 12.1 Å². The van der Waals surface area contributed by atoms with E-state index in [2.05, 4.69) is 6.92 Å². The van der Waals surface area contributed by atoms with E-state index in [-0.39, 0.29) is 48.4 Å². The fraction of sp³-hybridized carbons (Fsp3) is 0.818. The van der Waals surface area contributed by atoms with Crippen molar-refractivity contribution in [2.24, 2.45) is 35.0 Å². The van der Waals surface area contributed by atoms with Crippen LogP contribution in [0.2, 0.25) is 0 Å². The summed E-state index contributed by atoms with van der Waals surface area (Å²) in [5, 5.41) is 41.8. The number of rotatable bonds is 4. The number of furan rings is 1. The van der Waals surface area contributed by atoms with Gasteiger partial charge in [0.1, 0.15) is 11.4 Å². The number of hydrogen-bond donors (Lipinski definition) is 4. The predicted octanol–water partition coefficient (Wildman–Crippen LogP) is 2.67. The average Bonchev–Trinajstić information content (AvgIpc) is 3.32. The van der Waals surface area contributed by atoms with Crippen LogP contribution in [0.25, 0.3) is 0 Å². The topological polar surface area (TPSA) is 94.1 Å². The maximum absolute atomic E-state index is 11.4. The van der Waals surface area contributed by atoms with E-state index < -0.39 is 5.60 Å². The third-order valence-electron chi connectivity index (χ3n) is 8.58. The standard InChI is InChI=1S/C22H34O5/c1-21(8-6-15(25)11-14(21)12-23)18-4-5-19-16(17(18)13-24)7-9-22(19,26)20-3-2-10-27-20/h2-3,10,14-19,23-26H,4-9,11-13H2,1H3/t14-,15+,16+,17+,18+,19+,21+,22+/m1/s1. The Balaban J connectivity index is 1.60. The Morgan fingerprint density at radius 1 is 1.07 bits per heavy atom. The van der Waals surface area contributed by atoms with Gasteiger partial charge in [-0.2, -0.15) is 0 Å². The normalized spacial score (nSPS) is 47.7. The lowest BCUT2D eigenvalue weighted by Gasteiger charge is -2.54. The van der Waals surface area contributed by atoms with E-state index in [0.29, 0.717) is 24.5 Å². The van der Waals surface area contributed by atoms with Crippen LogP contribution in [-0.4, -0.2) is 39.7 Å². The van der Waals surface area contributed by atoms with Gasteiger partial charge in [0.05, 0.1) is 12.4 Å². The molecule has 8 atom stereocenters. The van der Waals surface area contributed by atoms with Crippen LogP contribution < -0.4 is 0 Å². The molecule has 0 bridgehead atoms. The number of aliphatic hydroxyl groups excluding tert-OH is 3. The number of hydrogen-bond acceptors (Lipinski definition) is 5. The van der Waals surface area contributed by atoms with Crippen molar-refractivity contribution < 1.29 is 24.8 Å². The molecule has 1 aromatic rings. The summed E-state index contributed by atoms with van der Waals surface area (Å²) in [5.41, 5.74) is -0.996. The molecule has 4 N–H and O–H groups in total. The first-order valence-electron chi connectivity index (χ1n) is 10.6. The van der Waals surface area contributed by atoms with Gasteiger partial charge in [0.15, 0.2) is 0 Å². The minimum atomic E-state index is -0.924. The summed E-state index contributed by atoms with van der Waals surface area (Å²) in [6.45, 7) is 2.46. The molecule has 5 nitrogen and oxygen atoms in total. The second kappa shape index (κ2) is 7.18. The molecular weight excluding hydrogens is 344 g/mol. The SMILES string of the molecule is C[C@]1([C@H]2CC[C@H]3[C@@H](CC[C@@]3(O)c3ccco3)[C@@H]2CO)CC[C@H](O)C[C@@H]1CO. The van der Waals surface area contributed by atoms with E-state index in [9.17, 15) is 20.4 Å². The van der Waals surface area contributed by atoms with Crippen molar-refractivity contribution in [1.82, 2.24) is 0 Å². The monoisotopic (exact) mass is 378 g/mol. The predicted molar refractivity (Wildman–Crippen MR) is 101 cm³/mol. The quantitative estimate of drug-likeness (QED) is 0.646. The zero-order valence-corrected chi connectivity index (χ0v) is 16.3. The zero-order valence-electron chi connectivity index (χ0n) is 16.3. The van der Waals surface area contributed by atoms with Crippen LogP contribution in [0.5, 0.6) is 0 Å². The summed E-state index contributed by atoms with van der Waals surface area (Å²) < 4.78 is 5.57. The highest BCUT2D eigenvalue weighted by molar-refractivity contribution is 5.17. The fourth-order valence-electron chi connectivity index (χ4n) is 7.05. The first-order chi connectivity index (χ1) is 12.9. The molecule has 0 spiro atoms. The van der Waals surface area contributed by atoms with E-state index in [0.717, 1.165) is 32.1 Å². The summed E-state index contributed by atoms with van der Waals surface area (Å²) >= 11 is 0. The fourth-order valence-corrected chi connectivity index (χ4v) is 7.05. The van der Waals surface area contributed by atoms with Crippen molar-refractivity contribution in [3.8, 4) is 0 Å². The van der Waals surface area contributed by atoms with E-state index in [1.165, 1.54) is 0 Å². The van der Waals surface area contributed by atoms with Gasteiger partial charge in [0, 0.05) is 13.2 Å². The molecule has 0 amide bonds. The minimum Gasteiger partial charge on any atom is -0.466 e. The summed E-state index contributed by atoms with van der Waals surface area (Å²) in [6, 6.07) is 3.70. The van der Waals surface area contributed by atoms with Crippen LogP contribution in [0.15, 0.2) is 22.8 Å². The Morgan fingerprint density at radius 3 is 2.52 bits per heavy atom. The van der Waals surface area contributed by atoms with Crippen molar-refractivity contribution in [3.05, 3.63) is 24.2 Å². The summed E-state index contributed by atoms with van der Waals surface area (Å²) in [4.78, 5) is 0. The van der Waals surface area contributed by atoms with E-state index in [1.54, 1.807) is 6.26 Å². The highest BCUT2D eigenvalue weighted by Gasteiger charge is 2.58. The van der Waals surface area contributed by atoms with Crippen LogP contribution >= 0.6 is 0 Å². The van der Waals surface area contributed by atoms with Crippen LogP contribution in [0.4, 0.5) is 0 Å². The highest BCUT2D eigenvalue weighted by atomic mass is 16.4. The zero-order chi connectivity index (χ0) is 19.2. The molecule has 0 radical (unpaired) electrons. The molecule has 1 heterocycles. The smallest absolute Gasteiger partial charge is 0.135 e. The van der Waals surface area contributed by atoms with Gasteiger partial charge in [0.2, 0.25) is 0 Å². The van der Waals surface area contributed by atoms with Gasteiger partial charge in [-0.05, 0) is 92.1 Å². The van der Waals surface area contributed by atoms with Gasteiger partial charge in [-0.3, -0.25) is 0 Å². The molecule has 5 heteroatoms. The van der Waals surface area contributed by atoms with Crippen LogP contribution in [0.1, 0.15) is 57.6 Å². The largest absolute Gasteiger partial charge is 0.466 e. The molecule has 3 fully saturated rings. The van der Waals surface area contributed by atoms with Gasteiger partial charge < -0.3 is 24.8 Å². The van der Waals surface area contributed by atoms with E-state index >= 15 is 0 Å². The lowest BCUT2D eigenvalue weighted by molar-refractivity contribution is -0.118. The number of aliphatic hydroxyl groups is 4. The molecule has 0 unspecified atom stereocenters. The Hall–Kier alpha value is -0.880. The molecule has 152 valence electrons. The molecule has 0 aliphatic heterocycles. The molecule has 1 aromatic heterocycles. The van der Waals surface area contributed by atoms with Crippen molar-refractivity contribution in [2.45, 2.75) is 63.6 Å². The van der Waals surface area contributed by atoms with E-state index in [4.69, 9.17) is 4.42 Å². The van der Waals surface area contributed by atoms with Crippen molar-refractivity contribution in [1.29, 1.82) is 0 Å². The molecule has 3 saturated carbocycles. The van der Waals surface area contributed by atoms with Crippen LogP contribution in [0.3, 0.4) is 0 Å². The molecule has 0 aromatic carbocycles. The summed E-state index contributed by atoms with van der Waals surface area (Å²) in [5.74, 6) is 1.55. The highest BCUT2D eigenvalue weighted by Crippen LogP contribution is 2.61. The average molecular weight is 379 g/mol. The first-order valence-corrected chi connectivity index (χ1v) is 10.6. The minimum absolute atomic E-state index is 0.0715. The van der Waals surface area contributed by atoms with Gasteiger partial charge in [-0.1, -0.05) is 6.92 Å². The van der Waals surface area contributed by atoms with Gasteiger partial charge >= 0.3 is 0 Å².